The maximum absolute atomic E-state index is 2.75. The monoisotopic (exact) mass is 706 g/mol. The van der Waals surface area contributed by atoms with E-state index in [2.05, 4.69) is 218 Å². The minimum Gasteiger partial charge on any atom is -0.345 e. The molecule has 8 aromatic rings. The normalized spacial score (nSPS) is 15.1. The highest BCUT2D eigenvalue weighted by molar-refractivity contribution is 7.21. The van der Waals surface area contributed by atoms with E-state index in [0.717, 1.165) is 0 Å². The first kappa shape index (κ1) is 31.1. The zero-order valence-corrected chi connectivity index (χ0v) is 31.4. The molecule has 2 heterocycles. The van der Waals surface area contributed by atoms with E-state index in [0.29, 0.717) is 0 Å². The van der Waals surface area contributed by atoms with Gasteiger partial charge in [-0.05, 0) is 95.6 Å². The summed E-state index contributed by atoms with van der Waals surface area (Å²) in [6, 6.07) is 73.4. The molecule has 11 rings (SSSR count). The topological polar surface area (TPSA) is 6.48 Å². The SMILES string of the molecule is CN1c2ccccc2C2(c3ccccc3-c3ccccc32)c2cc(-c3ccc4c(c3)[Si](c3ccccc3)(c3ccccc3)c3ccccc3N4C)ccc21. The maximum atomic E-state index is 2.54. The van der Waals surface area contributed by atoms with E-state index in [1.807, 2.05) is 0 Å². The van der Waals surface area contributed by atoms with E-state index in [9.17, 15) is 0 Å². The molecule has 1 aliphatic carbocycles. The van der Waals surface area contributed by atoms with Crippen LogP contribution in [0.5, 0.6) is 0 Å². The average molecular weight is 707 g/mol. The van der Waals surface area contributed by atoms with Gasteiger partial charge in [-0.3, -0.25) is 0 Å². The molecule has 256 valence electrons. The van der Waals surface area contributed by atoms with Crippen LogP contribution in [0.2, 0.25) is 0 Å². The van der Waals surface area contributed by atoms with Gasteiger partial charge in [-0.1, -0.05) is 164 Å². The van der Waals surface area contributed by atoms with Crippen LogP contribution in [0, 0.1) is 0 Å². The maximum Gasteiger partial charge on any atom is 0.184 e. The fourth-order valence-electron chi connectivity index (χ4n) is 10.3. The first-order valence-corrected chi connectivity index (χ1v) is 20.9. The van der Waals surface area contributed by atoms with Crippen molar-refractivity contribution in [1.29, 1.82) is 0 Å². The lowest BCUT2D eigenvalue weighted by molar-refractivity contribution is 0.748. The summed E-state index contributed by atoms with van der Waals surface area (Å²) in [5.74, 6) is 0. The Kier molecular flexibility index (Phi) is 6.65. The molecule has 0 saturated carbocycles. The van der Waals surface area contributed by atoms with Gasteiger partial charge in [-0.2, -0.15) is 0 Å². The summed E-state index contributed by atoms with van der Waals surface area (Å²) in [4.78, 5) is 4.80. The van der Waals surface area contributed by atoms with Crippen LogP contribution in [0.3, 0.4) is 0 Å². The van der Waals surface area contributed by atoms with E-state index < -0.39 is 13.5 Å². The number of hydrogen-bond donors (Lipinski definition) is 0. The number of fused-ring (bicyclic) bond motifs is 11. The van der Waals surface area contributed by atoms with E-state index in [1.165, 1.54) is 88.0 Å². The van der Waals surface area contributed by atoms with Crippen molar-refractivity contribution in [3.05, 3.63) is 216 Å². The van der Waals surface area contributed by atoms with E-state index in [4.69, 9.17) is 0 Å². The first-order chi connectivity index (χ1) is 26.6. The molecule has 0 N–H and O–H groups in total. The van der Waals surface area contributed by atoms with Gasteiger partial charge in [0.1, 0.15) is 0 Å². The summed E-state index contributed by atoms with van der Waals surface area (Å²) in [6.45, 7) is 0. The van der Waals surface area contributed by atoms with Gasteiger partial charge < -0.3 is 9.80 Å². The smallest absolute Gasteiger partial charge is 0.184 e. The second-order valence-electron chi connectivity index (χ2n) is 14.9. The number of anilines is 4. The van der Waals surface area contributed by atoms with Gasteiger partial charge in [0.2, 0.25) is 0 Å². The molecule has 0 fully saturated rings. The number of rotatable bonds is 3. The summed E-state index contributed by atoms with van der Waals surface area (Å²) in [5.41, 5.74) is 15.1. The molecule has 0 aromatic heterocycles. The Bertz CT molecular complexity index is 2580. The molecule has 3 aliphatic rings. The molecule has 0 bridgehead atoms. The Morgan fingerprint density at radius 2 is 0.796 bits per heavy atom. The van der Waals surface area contributed by atoms with Crippen molar-refractivity contribution < 1.29 is 0 Å². The molecule has 0 saturated heterocycles. The van der Waals surface area contributed by atoms with Crippen LogP contribution < -0.4 is 30.5 Å². The average Bonchev–Trinajstić information content (AvgIpc) is 3.54. The molecular formula is C51H38N2Si. The lowest BCUT2D eigenvalue weighted by Crippen LogP contribution is -2.77. The number of nitrogens with zero attached hydrogens (tertiary/aromatic N) is 2. The van der Waals surface area contributed by atoms with Crippen LogP contribution in [0.1, 0.15) is 22.3 Å². The van der Waals surface area contributed by atoms with Crippen LogP contribution in [0.25, 0.3) is 22.3 Å². The molecule has 2 aliphatic heterocycles. The summed E-state index contributed by atoms with van der Waals surface area (Å²) in [7, 11) is 1.71. The molecule has 0 amide bonds. The number of hydrogen-bond acceptors (Lipinski definition) is 2. The van der Waals surface area contributed by atoms with E-state index >= 15 is 0 Å². The lowest BCUT2D eigenvalue weighted by atomic mass is 9.64. The van der Waals surface area contributed by atoms with Crippen LogP contribution in [-0.2, 0) is 5.41 Å². The van der Waals surface area contributed by atoms with Crippen molar-refractivity contribution >= 4 is 51.6 Å². The summed E-state index contributed by atoms with van der Waals surface area (Å²) in [6.07, 6.45) is 0. The van der Waals surface area contributed by atoms with E-state index in [-0.39, 0.29) is 0 Å². The first-order valence-electron chi connectivity index (χ1n) is 18.9. The van der Waals surface area contributed by atoms with Crippen molar-refractivity contribution in [2.75, 3.05) is 23.9 Å². The number of benzene rings is 8. The fraction of sp³-hybridized carbons (Fsp3) is 0.0588. The highest BCUT2D eigenvalue weighted by atomic mass is 28.3. The van der Waals surface area contributed by atoms with Crippen molar-refractivity contribution in [1.82, 2.24) is 0 Å². The lowest BCUT2D eigenvalue weighted by Gasteiger charge is -2.44. The standard InChI is InChI=1S/C51H38N2Si/c1-52-45-26-14-13-25-43(45)51(41-23-11-9-21-39(41)40-22-10-12-24-42(40)51)44-33-35(29-31-46(44)52)36-30-32-48-50(34-36)54(37-17-5-3-6-18-37,38-19-7-4-8-20-38)49-28-16-15-27-47(49)53(48)2/h3-34H,1-2H3. The van der Waals surface area contributed by atoms with Gasteiger partial charge >= 0.3 is 0 Å². The predicted octanol–water partition coefficient (Wildman–Crippen LogP) is 9.26. The van der Waals surface area contributed by atoms with Crippen LogP contribution in [-0.4, -0.2) is 22.2 Å². The van der Waals surface area contributed by atoms with Gasteiger partial charge in [0.25, 0.3) is 0 Å². The third-order valence-corrected chi connectivity index (χ3v) is 17.4. The Hall–Kier alpha value is -6.42. The zero-order chi connectivity index (χ0) is 36.0. The Labute approximate surface area is 318 Å². The molecule has 0 atom stereocenters. The van der Waals surface area contributed by atoms with Gasteiger partial charge in [0.05, 0.1) is 5.41 Å². The molecule has 0 unspecified atom stereocenters. The minimum atomic E-state index is -2.75. The third-order valence-electron chi connectivity index (χ3n) is 12.6. The zero-order valence-electron chi connectivity index (χ0n) is 30.4. The Morgan fingerprint density at radius 3 is 1.44 bits per heavy atom. The third kappa shape index (κ3) is 3.94. The summed E-state index contributed by atoms with van der Waals surface area (Å²) < 4.78 is 0. The van der Waals surface area contributed by atoms with Gasteiger partial charge in [0, 0.05) is 36.8 Å². The predicted molar refractivity (Wildman–Crippen MR) is 229 cm³/mol. The quantitative estimate of drug-likeness (QED) is 0.169. The fourth-order valence-corrected chi connectivity index (χ4v) is 15.6. The molecule has 8 aromatic carbocycles. The van der Waals surface area contributed by atoms with E-state index in [1.54, 1.807) is 0 Å². The van der Waals surface area contributed by atoms with Crippen LogP contribution in [0.4, 0.5) is 22.7 Å². The second kappa shape index (κ2) is 11.5. The molecule has 2 nitrogen and oxygen atoms in total. The molecule has 3 heteroatoms. The van der Waals surface area contributed by atoms with Crippen molar-refractivity contribution in [3.8, 4) is 22.3 Å². The Morgan fingerprint density at radius 1 is 0.352 bits per heavy atom. The second-order valence-corrected chi connectivity index (χ2v) is 18.7. The highest BCUT2D eigenvalue weighted by Gasteiger charge is 2.51. The van der Waals surface area contributed by atoms with Crippen LogP contribution in [0.15, 0.2) is 194 Å². The van der Waals surface area contributed by atoms with Gasteiger partial charge in [-0.15, -0.1) is 0 Å². The van der Waals surface area contributed by atoms with Crippen molar-refractivity contribution in [2.24, 2.45) is 0 Å². The number of para-hydroxylation sites is 2. The molecule has 0 radical (unpaired) electrons. The van der Waals surface area contributed by atoms with Gasteiger partial charge in [0.15, 0.2) is 8.07 Å². The summed E-state index contributed by atoms with van der Waals surface area (Å²) >= 11 is 0. The highest BCUT2D eigenvalue weighted by Crippen LogP contribution is 2.62. The molecule has 1 spiro atoms. The molecular weight excluding hydrogens is 669 g/mol. The minimum absolute atomic E-state index is 0.443. The van der Waals surface area contributed by atoms with Crippen molar-refractivity contribution in [2.45, 2.75) is 5.41 Å². The largest absolute Gasteiger partial charge is 0.345 e. The van der Waals surface area contributed by atoms with Crippen molar-refractivity contribution in [3.63, 3.8) is 0 Å². The van der Waals surface area contributed by atoms with Crippen LogP contribution >= 0.6 is 0 Å². The Balaban J connectivity index is 1.20. The summed E-state index contributed by atoms with van der Waals surface area (Å²) in [5, 5.41) is 5.65. The van der Waals surface area contributed by atoms with Gasteiger partial charge in [-0.25, -0.2) is 0 Å². The molecule has 54 heavy (non-hydrogen) atoms.